The van der Waals surface area contributed by atoms with Crippen molar-refractivity contribution in [1.29, 1.82) is 5.26 Å². The zero-order valence-electron chi connectivity index (χ0n) is 22.4. The lowest BCUT2D eigenvalue weighted by Gasteiger charge is -2.39. The van der Waals surface area contributed by atoms with Gasteiger partial charge < -0.3 is 19.5 Å². The predicted octanol–water partition coefficient (Wildman–Crippen LogP) is 5.31. The summed E-state index contributed by atoms with van der Waals surface area (Å²) in [6.07, 6.45) is -0.00957. The summed E-state index contributed by atoms with van der Waals surface area (Å²) in [5.41, 5.74) is 3.54. The van der Waals surface area contributed by atoms with E-state index in [4.69, 9.17) is 4.74 Å². The number of methoxy groups -OCH3 is 1. The molecule has 206 valence electrons. The lowest BCUT2D eigenvalue weighted by atomic mass is 9.84. The van der Waals surface area contributed by atoms with Gasteiger partial charge in [0.1, 0.15) is 23.4 Å². The number of benzene rings is 1. The van der Waals surface area contributed by atoms with Crippen LogP contribution in [0.2, 0.25) is 0 Å². The first kappa shape index (κ1) is 28.0. The van der Waals surface area contributed by atoms with Gasteiger partial charge in [0, 0.05) is 36.8 Å². The van der Waals surface area contributed by atoms with Crippen molar-refractivity contribution < 1.29 is 27.5 Å². The molecular weight excluding hydrogens is 511 g/mol. The number of hydrogen-bond donors (Lipinski definition) is 1. The van der Waals surface area contributed by atoms with Gasteiger partial charge in [-0.25, -0.2) is 4.98 Å². The van der Waals surface area contributed by atoms with Crippen LogP contribution in [0.4, 0.5) is 18.9 Å². The average molecular weight is 542 g/mol. The standard InChI is InChI=1S/C28H30F3N5O3/c1-15-10-18(8-9-36(15)27(38)17(3)28(29,30)31)21-14-35(4)25-24(21)16(2)22(13-33-25)34-26(37)19-6-7-23(39-5)20(11-19)12-32/h6-7,11,13-15,17-18H,8-10H2,1-5H3,(H,34,37)/t15-,17?,18+/m0/s1. The molecule has 1 aromatic carbocycles. The van der Waals surface area contributed by atoms with Crippen LogP contribution in [-0.2, 0) is 11.8 Å². The lowest BCUT2D eigenvalue weighted by molar-refractivity contribution is -0.187. The number of fused-ring (bicyclic) bond motifs is 1. The second-order valence-corrected chi connectivity index (χ2v) is 10.0. The number of nitrogens with one attached hydrogen (secondary N) is 1. The third-order valence-electron chi connectivity index (χ3n) is 7.56. The molecule has 1 fully saturated rings. The minimum absolute atomic E-state index is 0.000157. The molecule has 3 heterocycles. The van der Waals surface area contributed by atoms with E-state index in [1.54, 1.807) is 25.3 Å². The largest absolute Gasteiger partial charge is 0.495 e. The molecule has 0 radical (unpaired) electrons. The summed E-state index contributed by atoms with van der Waals surface area (Å²) in [6.45, 7) is 4.79. The number of aryl methyl sites for hydroxylation is 2. The van der Waals surface area contributed by atoms with E-state index in [9.17, 15) is 28.0 Å². The van der Waals surface area contributed by atoms with Crippen LogP contribution in [0.3, 0.4) is 0 Å². The molecule has 3 atom stereocenters. The first-order valence-electron chi connectivity index (χ1n) is 12.6. The third-order valence-corrected chi connectivity index (χ3v) is 7.56. The molecule has 11 heteroatoms. The van der Waals surface area contributed by atoms with Crippen LogP contribution in [0, 0.1) is 24.2 Å². The fourth-order valence-electron chi connectivity index (χ4n) is 5.27. The smallest absolute Gasteiger partial charge is 0.400 e. The number of halogens is 3. The number of pyridine rings is 1. The van der Waals surface area contributed by atoms with Gasteiger partial charge in [-0.15, -0.1) is 0 Å². The first-order chi connectivity index (χ1) is 18.4. The van der Waals surface area contributed by atoms with Gasteiger partial charge in [0.2, 0.25) is 5.91 Å². The highest BCUT2D eigenvalue weighted by Crippen LogP contribution is 2.40. The molecule has 0 spiro atoms. The van der Waals surface area contributed by atoms with Gasteiger partial charge in [-0.2, -0.15) is 18.4 Å². The summed E-state index contributed by atoms with van der Waals surface area (Å²) >= 11 is 0. The van der Waals surface area contributed by atoms with Crippen LogP contribution in [0.1, 0.15) is 59.7 Å². The number of alkyl halides is 3. The number of nitrogens with zero attached hydrogens (tertiary/aromatic N) is 4. The van der Waals surface area contributed by atoms with Gasteiger partial charge >= 0.3 is 6.18 Å². The number of hydrogen-bond acceptors (Lipinski definition) is 5. The van der Waals surface area contributed by atoms with Crippen molar-refractivity contribution in [2.45, 2.75) is 51.7 Å². The number of nitriles is 1. The summed E-state index contributed by atoms with van der Waals surface area (Å²) in [4.78, 5) is 31.5. The van der Waals surface area contributed by atoms with E-state index in [1.807, 2.05) is 30.8 Å². The fourth-order valence-corrected chi connectivity index (χ4v) is 5.27. The second-order valence-electron chi connectivity index (χ2n) is 10.0. The van der Waals surface area contributed by atoms with E-state index in [-0.39, 0.29) is 24.1 Å². The van der Waals surface area contributed by atoms with E-state index >= 15 is 0 Å². The topological polar surface area (TPSA) is 100 Å². The summed E-state index contributed by atoms with van der Waals surface area (Å²) in [5, 5.41) is 13.1. The molecule has 3 aromatic rings. The summed E-state index contributed by atoms with van der Waals surface area (Å²) < 4.78 is 46.5. The molecule has 1 saturated heterocycles. The van der Waals surface area contributed by atoms with Crippen LogP contribution in [0.15, 0.2) is 30.6 Å². The Hall–Kier alpha value is -4.07. The molecule has 1 N–H and O–H groups in total. The Kier molecular flexibility index (Phi) is 7.59. The van der Waals surface area contributed by atoms with E-state index in [0.29, 0.717) is 35.5 Å². The van der Waals surface area contributed by atoms with Crippen molar-refractivity contribution in [3.05, 3.63) is 52.8 Å². The lowest BCUT2D eigenvalue weighted by Crippen LogP contribution is -2.49. The van der Waals surface area contributed by atoms with Crippen LogP contribution in [-0.4, -0.2) is 52.1 Å². The summed E-state index contributed by atoms with van der Waals surface area (Å²) in [5.74, 6) is -2.97. The van der Waals surface area contributed by atoms with Gasteiger partial charge in [-0.3, -0.25) is 9.59 Å². The van der Waals surface area contributed by atoms with Gasteiger partial charge in [0.05, 0.1) is 24.6 Å². The van der Waals surface area contributed by atoms with Gasteiger partial charge in [-0.05, 0) is 68.9 Å². The normalized spacial score (nSPS) is 18.5. The molecule has 1 aliphatic heterocycles. The maximum Gasteiger partial charge on any atom is 0.400 e. The highest BCUT2D eigenvalue weighted by atomic mass is 19.4. The highest BCUT2D eigenvalue weighted by Gasteiger charge is 2.45. The zero-order valence-corrected chi connectivity index (χ0v) is 22.4. The molecule has 4 rings (SSSR count). The third kappa shape index (κ3) is 5.28. The molecule has 0 aliphatic carbocycles. The Labute approximate surface area is 224 Å². The Morgan fingerprint density at radius 2 is 2.03 bits per heavy atom. The average Bonchev–Trinajstić information content (AvgIpc) is 3.25. The Morgan fingerprint density at radius 3 is 2.64 bits per heavy atom. The molecule has 8 nitrogen and oxygen atoms in total. The molecule has 0 bridgehead atoms. The molecular formula is C28H30F3N5O3. The van der Waals surface area contributed by atoms with Crippen molar-refractivity contribution in [3.8, 4) is 11.8 Å². The van der Waals surface area contributed by atoms with Crippen LogP contribution in [0.5, 0.6) is 5.75 Å². The summed E-state index contributed by atoms with van der Waals surface area (Å²) in [6, 6.07) is 6.24. The van der Waals surface area contributed by atoms with Crippen LogP contribution < -0.4 is 10.1 Å². The van der Waals surface area contributed by atoms with Crippen LogP contribution >= 0.6 is 0 Å². The number of carbonyl (C=O) groups excluding carboxylic acids is 2. The molecule has 2 amide bonds. The Balaban J connectivity index is 1.60. The predicted molar refractivity (Wildman–Crippen MR) is 139 cm³/mol. The number of carbonyl (C=O) groups is 2. The Morgan fingerprint density at radius 1 is 1.31 bits per heavy atom. The first-order valence-corrected chi connectivity index (χ1v) is 12.6. The van der Waals surface area contributed by atoms with Gasteiger partial charge in [-0.1, -0.05) is 0 Å². The molecule has 1 unspecified atom stereocenters. The minimum Gasteiger partial charge on any atom is -0.495 e. The quantitative estimate of drug-likeness (QED) is 0.472. The Bertz CT molecular complexity index is 1470. The zero-order chi connectivity index (χ0) is 28.6. The van der Waals surface area contributed by atoms with Gasteiger partial charge in [0.15, 0.2) is 0 Å². The number of rotatable bonds is 5. The SMILES string of the molecule is COc1ccc(C(=O)Nc2cnc3c(c([C@@H]4CCN(C(=O)C(C)C(F)(F)F)[C@@H](C)C4)cn3C)c2C)cc1C#N. The van der Waals surface area contributed by atoms with E-state index in [1.165, 1.54) is 18.1 Å². The minimum atomic E-state index is -4.57. The number of piperidine rings is 1. The van der Waals surface area contributed by atoms with E-state index in [0.717, 1.165) is 23.4 Å². The van der Waals surface area contributed by atoms with Crippen molar-refractivity contribution in [1.82, 2.24) is 14.5 Å². The van der Waals surface area contributed by atoms with Crippen LogP contribution in [0.25, 0.3) is 11.0 Å². The molecule has 0 saturated carbocycles. The number of anilines is 1. The second kappa shape index (κ2) is 10.6. The fraction of sp³-hybridized carbons (Fsp3) is 0.429. The monoisotopic (exact) mass is 541 g/mol. The number of likely N-dealkylation sites (tertiary alicyclic amines) is 1. The molecule has 1 aliphatic rings. The van der Waals surface area contributed by atoms with E-state index < -0.39 is 23.9 Å². The number of ether oxygens (including phenoxy) is 1. The van der Waals surface area contributed by atoms with Crippen molar-refractivity contribution in [2.75, 3.05) is 19.0 Å². The molecule has 2 aromatic heterocycles. The van der Waals surface area contributed by atoms with Gasteiger partial charge in [0.25, 0.3) is 5.91 Å². The maximum absolute atomic E-state index is 13.1. The summed E-state index contributed by atoms with van der Waals surface area (Å²) in [7, 11) is 3.31. The number of aromatic nitrogens is 2. The molecule has 39 heavy (non-hydrogen) atoms. The van der Waals surface area contributed by atoms with Crippen molar-refractivity contribution in [3.63, 3.8) is 0 Å². The van der Waals surface area contributed by atoms with E-state index in [2.05, 4.69) is 10.3 Å². The van der Waals surface area contributed by atoms with Crippen molar-refractivity contribution >= 4 is 28.5 Å². The maximum atomic E-state index is 13.1. The number of amides is 2. The van der Waals surface area contributed by atoms with Crippen molar-refractivity contribution in [2.24, 2.45) is 13.0 Å². The highest BCUT2D eigenvalue weighted by molar-refractivity contribution is 6.06.